The van der Waals surface area contributed by atoms with Crippen molar-refractivity contribution in [2.45, 2.75) is 149 Å². The highest BCUT2D eigenvalue weighted by molar-refractivity contribution is 5.89. The second-order valence-corrected chi connectivity index (χ2v) is 29.9. The van der Waals surface area contributed by atoms with Gasteiger partial charge in [0.05, 0.1) is 37.6 Å². The van der Waals surface area contributed by atoms with E-state index in [1.807, 2.05) is 72.8 Å². The van der Waals surface area contributed by atoms with E-state index in [-0.39, 0.29) is 50.2 Å². The number of nitrogens with one attached hydrogen (secondary N) is 6. The van der Waals surface area contributed by atoms with Crippen LogP contribution in [-0.2, 0) is 59.3 Å². The number of fused-ring (bicyclic) bond motifs is 4. The number of aliphatic carboxylic acids is 4. The first kappa shape index (κ1) is 110. The van der Waals surface area contributed by atoms with E-state index in [0.717, 1.165) is 148 Å². The Morgan fingerprint density at radius 2 is 0.882 bits per heavy atom. The topological polar surface area (TPSA) is 660 Å². The van der Waals surface area contributed by atoms with Crippen molar-refractivity contribution in [2.75, 3.05) is 32.0 Å². The Bertz CT molecular complexity index is 6430. The molecule has 0 saturated heterocycles. The number of oxazole rings is 4. The third-order valence-corrected chi connectivity index (χ3v) is 19.9. The molecule has 2 aliphatic carbocycles. The van der Waals surface area contributed by atoms with Crippen LogP contribution in [-0.4, -0.2) is 145 Å². The van der Waals surface area contributed by atoms with Crippen LogP contribution >= 0.6 is 0 Å². The number of aromatic hydroxyl groups is 3. The SMILES string of the molecule is C.C.CC(=O)ONCCCc1ccc2[nH]c(=O)oc2c1.Nc1ccc(/C=C/C(=O)O)cc1O.O=C(O)/C=C/c1ccc([N+](=O)[O-])c(O)c1.O=C(O)CC(=O)O.O=C1CCC(c2ccccc2)CC1.O=Cc1ccc([N+](=O)[O-])c(O)c1.O=c1[nH]c2ccc(CCCNC3CCC(c4ccccc4)CC3)cc2o1.O=c1[nH]c2ccc(CCCO)cc2o1.[N-]=[N+]=NCCCc1ccc2[nH]c(=O)oc2c1. The van der Waals surface area contributed by atoms with Crippen molar-refractivity contribution in [3.05, 3.63) is 323 Å². The molecule has 40 heteroatoms. The molecule has 2 fully saturated rings. The Morgan fingerprint density at radius 1 is 0.507 bits per heavy atom. The van der Waals surface area contributed by atoms with Gasteiger partial charge >= 0.3 is 64.2 Å². The van der Waals surface area contributed by atoms with Gasteiger partial charge < -0.3 is 74.4 Å². The van der Waals surface area contributed by atoms with Crippen LogP contribution < -0.4 is 39.6 Å². The summed E-state index contributed by atoms with van der Waals surface area (Å²) >= 11 is 0. The van der Waals surface area contributed by atoms with Gasteiger partial charge in [-0.3, -0.25) is 64.1 Å². The molecule has 15 rings (SSSR count). The lowest BCUT2D eigenvalue weighted by Crippen LogP contribution is -2.33. The van der Waals surface area contributed by atoms with Crippen molar-refractivity contribution in [1.29, 1.82) is 0 Å². The number of aldehydes is 1. The van der Waals surface area contributed by atoms with Crippen LogP contribution in [0.25, 0.3) is 67.0 Å². The Balaban J connectivity index is 0.000000274. The van der Waals surface area contributed by atoms with E-state index in [1.54, 1.807) is 6.07 Å². The molecule has 0 bridgehead atoms. The number of carboxylic acid groups (broad SMARTS) is 4. The van der Waals surface area contributed by atoms with Crippen molar-refractivity contribution in [3.8, 4) is 17.2 Å². The molecule has 0 unspecified atom stereocenters. The number of nitro groups is 2. The number of phenols is 3. The minimum Gasteiger partial charge on any atom is -0.506 e. The second-order valence-electron chi connectivity index (χ2n) is 29.9. The molecule has 720 valence electrons. The lowest BCUT2D eigenvalue weighted by molar-refractivity contribution is -0.386. The van der Waals surface area contributed by atoms with Crippen molar-refractivity contribution < 1.29 is 107 Å². The summed E-state index contributed by atoms with van der Waals surface area (Å²) in [5.74, 6) is -6.09. The molecule has 2 aliphatic rings. The molecular weight excluding hydrogens is 1770 g/mol. The molecule has 0 amide bonds. The fraction of sp³-hybridized carbons (Fsp3) is 0.281. The van der Waals surface area contributed by atoms with E-state index in [1.165, 1.54) is 85.7 Å². The molecule has 136 heavy (non-hydrogen) atoms. The van der Waals surface area contributed by atoms with Crippen LogP contribution in [0.5, 0.6) is 17.2 Å². The average molecular weight is 1880 g/mol. The standard InChI is InChI=1S/C22H26N2O2.C12H14N2O4.C12H14O.C10H10N4O2.C10H11NO3.C9H7NO5.C9H9NO3.C7H5NO4.C3H4O4.2CH4/c25-22-24-20-13-8-16(15-21(20)26-22)5-4-14-23-19-11-9-18(10-12-19)17-6-2-1-3-7-17;1-8(15)18-13-6-2-3-9-4-5-10-11(7-9)17-12(16)14-10;13-12-8-6-11(7-9-12)10-4-2-1-3-5-10;11-14-12-5-1-2-7-3-4-8-9(6-7)16-10(15)13-8;12-5-1-2-7-3-4-8-9(6-7)14-10(13)11-8;11-8-5-6(2-4-9(12)13)1-3-7(8)10(14)15;10-7-3-1-6(5-8(7)11)2-4-9(12)13;9-4-5-1-2-6(8(11)12)7(10)3-5;4-2(5)1-3(6)7;;/h1-3,6-8,13,15,18-19,23H,4-5,9-12,14H2,(H,24,25);4-5,7,13H,2-3,6H2,1H3,(H,14,16);1-5,11H,6-9H2;3-4,6H,1-2,5H2,(H,13,15);3-4,6,12H,1-2,5H2,(H,11,13);1-5,11H,(H,12,13);1-5,11H,10H2,(H,12,13);1-4,10H;1H2,(H,4,5)(H,6,7);2*1H4/b;;;;;2*4-2+;;;;. The van der Waals surface area contributed by atoms with Crippen LogP contribution in [0, 0.1) is 20.2 Å². The lowest BCUT2D eigenvalue weighted by atomic mass is 9.82. The number of anilines is 1. The fourth-order valence-corrected chi connectivity index (χ4v) is 13.4. The van der Waals surface area contributed by atoms with Crippen LogP contribution in [0.2, 0.25) is 0 Å². The maximum Gasteiger partial charge on any atom is 0.417 e. The number of aromatic amines is 4. The first-order valence-electron chi connectivity index (χ1n) is 41.8. The predicted molar refractivity (Wildman–Crippen MR) is 508 cm³/mol. The van der Waals surface area contributed by atoms with Gasteiger partial charge in [-0.25, -0.2) is 28.8 Å². The molecule has 4 aromatic heterocycles. The van der Waals surface area contributed by atoms with Crippen LogP contribution in [0.4, 0.5) is 17.1 Å². The summed E-state index contributed by atoms with van der Waals surface area (Å²) in [6, 6.07) is 56.2. The summed E-state index contributed by atoms with van der Waals surface area (Å²) in [6.45, 7) is 3.61. The number of nitro benzene ring substituents is 2. The number of hydrogen-bond donors (Lipinski definition) is 15. The lowest BCUT2D eigenvalue weighted by Gasteiger charge is -2.29. The number of nitrogens with zero attached hydrogens (tertiary/aromatic N) is 5. The van der Waals surface area contributed by atoms with Gasteiger partial charge in [0.2, 0.25) is 0 Å². The average Bonchev–Trinajstić information content (AvgIpc) is 1.70. The van der Waals surface area contributed by atoms with Crippen molar-refractivity contribution in [1.82, 2.24) is 30.7 Å². The number of phenolic OH excluding ortho intramolecular Hbond substituents is 3. The minimum absolute atomic E-state index is 0. The number of carboxylic acids is 4. The number of hydroxylamine groups is 1. The highest BCUT2D eigenvalue weighted by Gasteiger charge is 2.23. The molecule has 4 heterocycles. The third-order valence-electron chi connectivity index (χ3n) is 19.9. The number of rotatable bonds is 28. The Morgan fingerprint density at radius 3 is 1.24 bits per heavy atom. The summed E-state index contributed by atoms with van der Waals surface area (Å²) in [6.07, 6.45) is 19.7. The normalized spacial score (nSPS) is 12.9. The minimum atomic E-state index is -1.31. The van der Waals surface area contributed by atoms with Gasteiger partial charge in [-0.05, 0) is 255 Å². The zero-order valence-electron chi connectivity index (χ0n) is 72.4. The number of aryl methyl sites for hydroxylation is 4. The zero-order valence-corrected chi connectivity index (χ0v) is 72.4. The van der Waals surface area contributed by atoms with Gasteiger partial charge in [-0.1, -0.05) is 111 Å². The highest BCUT2D eigenvalue weighted by atomic mass is 16.7. The predicted octanol–water partition coefficient (Wildman–Crippen LogP) is 16.2. The summed E-state index contributed by atoms with van der Waals surface area (Å²) < 4.78 is 20.0. The molecule has 0 spiro atoms. The number of benzene rings is 9. The molecular formula is C96H108N12O28. The monoisotopic (exact) mass is 1880 g/mol. The van der Waals surface area contributed by atoms with E-state index in [2.05, 4.69) is 106 Å². The first-order chi connectivity index (χ1) is 64.2. The second kappa shape index (κ2) is 58.2. The van der Waals surface area contributed by atoms with Gasteiger partial charge in [-0.2, -0.15) is 5.48 Å². The number of hydrogen-bond acceptors (Lipinski definition) is 28. The van der Waals surface area contributed by atoms with Gasteiger partial charge in [-0.15, -0.1) is 0 Å². The van der Waals surface area contributed by atoms with Gasteiger partial charge in [0.1, 0.15) is 24.2 Å². The number of aliphatic hydroxyl groups excluding tert-OH is 1. The Kier molecular flexibility index (Phi) is 47.1. The third kappa shape index (κ3) is 40.0. The van der Waals surface area contributed by atoms with Crippen molar-refractivity contribution in [2.24, 2.45) is 5.11 Å². The number of azide groups is 1. The fourth-order valence-electron chi connectivity index (χ4n) is 13.4. The summed E-state index contributed by atoms with van der Waals surface area (Å²) in [7, 11) is 0. The van der Waals surface area contributed by atoms with Gasteiger partial charge in [0.15, 0.2) is 33.8 Å². The summed E-state index contributed by atoms with van der Waals surface area (Å²) in [5, 5.41) is 95.8. The number of carbonyl (C=O) groups is 7. The maximum atomic E-state index is 11.2. The van der Waals surface area contributed by atoms with E-state index in [0.29, 0.717) is 87.1 Å². The number of aliphatic hydroxyl groups is 1. The maximum absolute atomic E-state index is 11.2. The van der Waals surface area contributed by atoms with Gasteiger partial charge in [0.25, 0.3) is 0 Å². The molecule has 13 aromatic rings. The molecule has 0 aliphatic heterocycles. The van der Waals surface area contributed by atoms with E-state index >= 15 is 0 Å². The highest BCUT2D eigenvalue weighted by Crippen LogP contribution is 2.34. The van der Waals surface area contributed by atoms with Crippen molar-refractivity contribution >= 4 is 116 Å². The molecule has 0 radical (unpaired) electrons. The van der Waals surface area contributed by atoms with Crippen molar-refractivity contribution in [3.63, 3.8) is 0 Å². The molecule has 16 N–H and O–H groups in total. The molecule has 9 aromatic carbocycles. The van der Waals surface area contributed by atoms with Crippen LogP contribution in [0.3, 0.4) is 0 Å². The van der Waals surface area contributed by atoms with Gasteiger partial charge in [0, 0.05) is 80.3 Å². The number of nitrogens with two attached hydrogens (primary N) is 1. The zero-order chi connectivity index (χ0) is 97.4. The first-order valence-corrected chi connectivity index (χ1v) is 41.8. The molecule has 2 saturated carbocycles. The number of ketones is 1. The Hall–Kier alpha value is -16.6. The summed E-state index contributed by atoms with van der Waals surface area (Å²) in [4.78, 5) is 152. The van der Waals surface area contributed by atoms with E-state index in [4.69, 9.17) is 64.7 Å². The Labute approximate surface area is 775 Å². The number of nitrogen functional groups attached to an aromatic ring is 1. The number of Topliss-reactive ketones (excluding diaryl/α,β-unsaturated/α-hetero) is 1. The number of H-pyrrole nitrogens is 4. The smallest absolute Gasteiger partial charge is 0.417 e. The summed E-state index contributed by atoms with van der Waals surface area (Å²) in [5.41, 5.74) is 29.2. The largest absolute Gasteiger partial charge is 0.506 e. The van der Waals surface area contributed by atoms with E-state index < -0.39 is 80.3 Å². The number of carbonyl (C=O) groups excluding carboxylic acids is 3. The molecule has 40 nitrogen and oxygen atoms in total. The van der Waals surface area contributed by atoms with Crippen LogP contribution in [0.15, 0.2) is 242 Å². The number of aromatic nitrogens is 4. The van der Waals surface area contributed by atoms with Crippen LogP contribution in [0.1, 0.15) is 172 Å². The van der Waals surface area contributed by atoms with E-state index in [9.17, 15) is 78.1 Å². The molecule has 0 atom stereocenters. The quantitative estimate of drug-likeness (QED) is 0.00185.